The van der Waals surface area contributed by atoms with Crippen LogP contribution in [0.1, 0.15) is 78.1 Å². The third kappa shape index (κ3) is 5.86. The lowest BCUT2D eigenvalue weighted by Crippen LogP contribution is -2.39. The summed E-state index contributed by atoms with van der Waals surface area (Å²) in [6, 6.07) is 49.6. The Balaban J connectivity index is 1.17. The average molecular weight is 720 g/mol. The molecule has 0 bridgehead atoms. The molecule has 0 fully saturated rings. The van der Waals surface area contributed by atoms with E-state index in [-0.39, 0.29) is 6.04 Å². The molecule has 0 radical (unpaired) electrons. The summed E-state index contributed by atoms with van der Waals surface area (Å²) in [4.78, 5) is 10.4. The van der Waals surface area contributed by atoms with Crippen LogP contribution in [-0.2, 0) is 24.8 Å². The first-order chi connectivity index (χ1) is 27.0. The molecular weight excluding hydrogens is 675 g/mol. The normalized spacial score (nSPS) is 14.2. The number of pyridine rings is 1. The molecule has 3 heterocycles. The van der Waals surface area contributed by atoms with E-state index in [1.165, 1.54) is 16.7 Å². The molecule has 5 aromatic carbocycles. The fourth-order valence-corrected chi connectivity index (χ4v) is 8.87. The number of imidazole rings is 1. The van der Waals surface area contributed by atoms with Crippen molar-refractivity contribution in [1.29, 1.82) is 0 Å². The quantitative estimate of drug-likeness (QED) is 0.132. The van der Waals surface area contributed by atoms with E-state index in [0.29, 0.717) is 11.7 Å². The molecule has 9 rings (SSSR count). The molecule has 1 unspecified atom stereocenters. The Hall–Kier alpha value is -6.21. The highest BCUT2D eigenvalue weighted by atomic mass is 15.6. The zero-order chi connectivity index (χ0) is 37.5. The molecule has 1 aliphatic rings. The lowest BCUT2D eigenvalue weighted by atomic mass is 9.77. The van der Waals surface area contributed by atoms with Gasteiger partial charge in [-0.05, 0) is 93.1 Å². The van der Waals surface area contributed by atoms with E-state index in [1.807, 2.05) is 4.68 Å². The minimum atomic E-state index is -0.840. The number of hydrogen-bond donors (Lipinski definition) is 0. The minimum absolute atomic E-state index is 0.191. The average Bonchev–Trinajstić information content (AvgIpc) is 3.97. The van der Waals surface area contributed by atoms with Crippen molar-refractivity contribution < 1.29 is 0 Å². The molecule has 0 saturated carbocycles. The topological polar surface area (TPSA) is 74.3 Å². The Kier molecular flexibility index (Phi) is 8.93. The van der Waals surface area contributed by atoms with Crippen LogP contribution in [0.15, 0.2) is 140 Å². The van der Waals surface area contributed by atoms with Crippen LogP contribution in [0.3, 0.4) is 0 Å². The Bertz CT molecular complexity index is 2510. The Morgan fingerprint density at radius 1 is 0.727 bits per heavy atom. The number of nitrogens with zero attached hydrogens (tertiary/aromatic N) is 7. The van der Waals surface area contributed by atoms with Gasteiger partial charge in [0.15, 0.2) is 11.5 Å². The molecule has 7 nitrogen and oxygen atoms in total. The minimum Gasteiger partial charge on any atom is -0.305 e. The van der Waals surface area contributed by atoms with E-state index in [9.17, 15) is 0 Å². The van der Waals surface area contributed by atoms with Crippen LogP contribution in [0.4, 0.5) is 0 Å². The van der Waals surface area contributed by atoms with Gasteiger partial charge in [0.2, 0.25) is 0 Å². The van der Waals surface area contributed by atoms with Crippen molar-refractivity contribution in [2.75, 3.05) is 0 Å². The zero-order valence-electron chi connectivity index (χ0n) is 31.9. The third-order valence-electron chi connectivity index (χ3n) is 11.2. The van der Waals surface area contributed by atoms with Gasteiger partial charge < -0.3 is 4.57 Å². The van der Waals surface area contributed by atoms with Gasteiger partial charge in [-0.1, -0.05) is 154 Å². The maximum absolute atomic E-state index is 5.24. The highest BCUT2D eigenvalue weighted by Gasteiger charge is 2.42. The van der Waals surface area contributed by atoms with Gasteiger partial charge >= 0.3 is 0 Å². The van der Waals surface area contributed by atoms with Gasteiger partial charge in [0.05, 0.1) is 6.04 Å². The van der Waals surface area contributed by atoms with Gasteiger partial charge in [0.25, 0.3) is 0 Å². The SMILES string of the molecule is CCc1nc2c(C)cc(CC(C)C)nc2n1C1CCc2cc(-c3ccccc3-c3nnnn3C(c3ccccc3)(c3ccccc3)c3ccccc3)ccc21. The first kappa shape index (κ1) is 34.6. The van der Waals surface area contributed by atoms with Crippen LogP contribution in [0, 0.1) is 12.8 Å². The largest absolute Gasteiger partial charge is 0.305 e. The molecule has 0 spiro atoms. The summed E-state index contributed by atoms with van der Waals surface area (Å²) in [7, 11) is 0. The van der Waals surface area contributed by atoms with Crippen LogP contribution in [0.5, 0.6) is 0 Å². The molecule has 8 aromatic rings. The summed E-state index contributed by atoms with van der Waals surface area (Å²) < 4.78 is 4.46. The van der Waals surface area contributed by atoms with Crippen LogP contribution in [0.2, 0.25) is 0 Å². The molecular formula is C48H45N7. The summed E-state index contributed by atoms with van der Waals surface area (Å²) in [6.45, 7) is 8.89. The van der Waals surface area contributed by atoms with Crippen LogP contribution in [-0.4, -0.2) is 34.7 Å². The predicted octanol–water partition coefficient (Wildman–Crippen LogP) is 10.2. The van der Waals surface area contributed by atoms with Gasteiger partial charge in [0, 0.05) is 17.7 Å². The molecule has 1 aliphatic carbocycles. The van der Waals surface area contributed by atoms with E-state index < -0.39 is 5.54 Å². The maximum Gasteiger partial charge on any atom is 0.184 e. The molecule has 1 atom stereocenters. The molecule has 55 heavy (non-hydrogen) atoms. The smallest absolute Gasteiger partial charge is 0.184 e. The van der Waals surface area contributed by atoms with E-state index in [0.717, 1.165) is 81.7 Å². The summed E-state index contributed by atoms with van der Waals surface area (Å²) >= 11 is 0. The standard InChI is InChI=1S/C48H45N7/c1-5-44-50-45-33(4)30-39(29-32(2)3)49-47(45)54(44)43-28-26-35-31-34(25-27-41(35)43)40-23-15-16-24-42(40)46-51-52-53-55(46)48(36-17-9-6-10-18-36,37-19-11-7-12-20-37)38-21-13-8-14-22-38/h6-25,27,30-32,43H,5,26,28-29H2,1-4H3. The van der Waals surface area contributed by atoms with Crippen LogP contribution < -0.4 is 0 Å². The number of rotatable bonds is 10. The number of aromatic nitrogens is 7. The van der Waals surface area contributed by atoms with Crippen molar-refractivity contribution in [2.24, 2.45) is 5.92 Å². The molecule has 0 amide bonds. The second-order valence-electron chi connectivity index (χ2n) is 15.2. The van der Waals surface area contributed by atoms with Gasteiger partial charge in [-0.2, -0.15) is 0 Å². The van der Waals surface area contributed by atoms with Gasteiger partial charge in [-0.25, -0.2) is 14.6 Å². The second-order valence-corrected chi connectivity index (χ2v) is 15.2. The highest BCUT2D eigenvalue weighted by Crippen LogP contribution is 2.45. The Morgan fingerprint density at radius 3 is 1.96 bits per heavy atom. The van der Waals surface area contributed by atoms with Crippen molar-refractivity contribution in [3.05, 3.63) is 184 Å². The van der Waals surface area contributed by atoms with Gasteiger partial charge in [0.1, 0.15) is 16.9 Å². The number of fused-ring (bicyclic) bond motifs is 2. The zero-order valence-corrected chi connectivity index (χ0v) is 31.9. The van der Waals surface area contributed by atoms with Gasteiger partial charge in [-0.3, -0.25) is 0 Å². The van der Waals surface area contributed by atoms with Crippen molar-refractivity contribution >= 4 is 11.2 Å². The summed E-state index contributed by atoms with van der Waals surface area (Å²) in [5.74, 6) is 2.34. The maximum atomic E-state index is 5.24. The van der Waals surface area contributed by atoms with E-state index >= 15 is 0 Å². The van der Waals surface area contributed by atoms with Gasteiger partial charge in [-0.15, -0.1) is 5.10 Å². The third-order valence-corrected chi connectivity index (χ3v) is 11.2. The van der Waals surface area contributed by atoms with Crippen molar-refractivity contribution in [2.45, 2.75) is 65.0 Å². The Labute approximate surface area is 322 Å². The summed E-state index contributed by atoms with van der Waals surface area (Å²) in [5, 5.41) is 14.0. The van der Waals surface area contributed by atoms with Crippen LogP contribution >= 0.6 is 0 Å². The number of aryl methyl sites for hydroxylation is 3. The molecule has 0 aliphatic heterocycles. The summed E-state index contributed by atoms with van der Waals surface area (Å²) in [5.41, 5.74) is 12.7. The molecule has 0 N–H and O–H groups in total. The first-order valence-electron chi connectivity index (χ1n) is 19.5. The van der Waals surface area contributed by atoms with E-state index in [2.05, 4.69) is 177 Å². The number of tetrazole rings is 1. The van der Waals surface area contributed by atoms with Crippen LogP contribution in [0.25, 0.3) is 33.7 Å². The lowest BCUT2D eigenvalue weighted by molar-refractivity contribution is 0.451. The fourth-order valence-electron chi connectivity index (χ4n) is 8.87. The highest BCUT2D eigenvalue weighted by molar-refractivity contribution is 5.82. The van der Waals surface area contributed by atoms with E-state index in [4.69, 9.17) is 20.3 Å². The second kappa shape index (κ2) is 14.2. The fraction of sp³-hybridized carbons (Fsp3) is 0.229. The predicted molar refractivity (Wildman–Crippen MR) is 220 cm³/mol. The van der Waals surface area contributed by atoms with Crippen molar-refractivity contribution in [1.82, 2.24) is 34.7 Å². The molecule has 3 aromatic heterocycles. The molecule has 7 heteroatoms. The van der Waals surface area contributed by atoms with E-state index in [1.54, 1.807) is 0 Å². The number of hydrogen-bond acceptors (Lipinski definition) is 5. The summed E-state index contributed by atoms with van der Waals surface area (Å²) in [6.07, 6.45) is 3.82. The monoisotopic (exact) mass is 719 g/mol. The Morgan fingerprint density at radius 2 is 1.35 bits per heavy atom. The molecule has 0 saturated heterocycles. The first-order valence-corrected chi connectivity index (χ1v) is 19.5. The lowest BCUT2D eigenvalue weighted by Gasteiger charge is -2.36. The van der Waals surface area contributed by atoms with Crippen molar-refractivity contribution in [3.8, 4) is 22.5 Å². The number of benzene rings is 5. The molecule has 272 valence electrons. The van der Waals surface area contributed by atoms with Crippen molar-refractivity contribution in [3.63, 3.8) is 0 Å².